The largest absolute Gasteiger partial charge is 0.373 e. The number of anilines is 1. The van der Waals surface area contributed by atoms with Crippen molar-refractivity contribution in [1.82, 2.24) is 9.78 Å². The monoisotopic (exact) mass is 207 g/mol. The number of aryl methyl sites for hydroxylation is 1. The molecule has 1 aliphatic rings. The fraction of sp³-hybridized carbons (Fsp3) is 0.750. The molecule has 1 aliphatic carbocycles. The molecule has 0 radical (unpaired) electrons. The quantitative estimate of drug-likeness (QED) is 0.756. The Kier molecular flexibility index (Phi) is 2.98. The van der Waals surface area contributed by atoms with Crippen molar-refractivity contribution >= 4 is 5.82 Å². The van der Waals surface area contributed by atoms with Gasteiger partial charge in [0.25, 0.3) is 0 Å². The molecule has 0 spiro atoms. The van der Waals surface area contributed by atoms with Crippen LogP contribution in [0, 0.1) is 0 Å². The highest BCUT2D eigenvalue weighted by atomic mass is 15.3. The van der Waals surface area contributed by atoms with Gasteiger partial charge in [-0.3, -0.25) is 0 Å². The second-order valence-electron chi connectivity index (χ2n) is 4.62. The standard InChI is InChI=1S/C12H21N3/c1-9(2)15-12(13-3)10-7-5-4-6-8-11(10)14-15/h9,13H,4-8H2,1-3H3. The van der Waals surface area contributed by atoms with E-state index in [2.05, 4.69) is 23.8 Å². The van der Waals surface area contributed by atoms with Gasteiger partial charge in [0.15, 0.2) is 0 Å². The van der Waals surface area contributed by atoms with E-state index in [1.54, 1.807) is 0 Å². The molecule has 1 aromatic rings. The van der Waals surface area contributed by atoms with E-state index in [0.717, 1.165) is 6.42 Å². The summed E-state index contributed by atoms with van der Waals surface area (Å²) in [5.74, 6) is 1.24. The van der Waals surface area contributed by atoms with Crippen LogP contribution < -0.4 is 5.32 Å². The lowest BCUT2D eigenvalue weighted by atomic mass is 10.1. The number of nitrogens with one attached hydrogen (secondary N) is 1. The van der Waals surface area contributed by atoms with E-state index in [0.29, 0.717) is 6.04 Å². The van der Waals surface area contributed by atoms with Gasteiger partial charge in [-0.15, -0.1) is 0 Å². The van der Waals surface area contributed by atoms with Gasteiger partial charge >= 0.3 is 0 Å². The second-order valence-corrected chi connectivity index (χ2v) is 4.62. The van der Waals surface area contributed by atoms with E-state index in [9.17, 15) is 0 Å². The van der Waals surface area contributed by atoms with E-state index in [1.807, 2.05) is 7.05 Å². The Morgan fingerprint density at radius 3 is 2.60 bits per heavy atom. The molecule has 1 heterocycles. The molecule has 3 nitrogen and oxygen atoms in total. The Morgan fingerprint density at radius 2 is 1.93 bits per heavy atom. The number of fused-ring (bicyclic) bond motifs is 1. The van der Waals surface area contributed by atoms with Crippen LogP contribution in [0.2, 0.25) is 0 Å². The molecule has 0 atom stereocenters. The zero-order chi connectivity index (χ0) is 10.8. The van der Waals surface area contributed by atoms with Gasteiger partial charge in [0.2, 0.25) is 0 Å². The highest BCUT2D eigenvalue weighted by Crippen LogP contribution is 2.28. The Balaban J connectivity index is 2.43. The summed E-state index contributed by atoms with van der Waals surface area (Å²) in [6.07, 6.45) is 6.31. The molecule has 84 valence electrons. The van der Waals surface area contributed by atoms with Crippen molar-refractivity contribution < 1.29 is 0 Å². The zero-order valence-electron chi connectivity index (χ0n) is 10.0. The normalized spacial score (nSPS) is 16.3. The van der Waals surface area contributed by atoms with Crippen LogP contribution in [-0.4, -0.2) is 16.8 Å². The number of nitrogens with zero attached hydrogens (tertiary/aromatic N) is 2. The van der Waals surface area contributed by atoms with E-state index < -0.39 is 0 Å². The van der Waals surface area contributed by atoms with Crippen molar-refractivity contribution in [2.75, 3.05) is 12.4 Å². The van der Waals surface area contributed by atoms with Crippen LogP contribution >= 0.6 is 0 Å². The topological polar surface area (TPSA) is 29.9 Å². The Bertz CT molecular complexity index is 339. The Labute approximate surface area is 91.9 Å². The minimum absolute atomic E-state index is 0.444. The van der Waals surface area contributed by atoms with Gasteiger partial charge in [-0.1, -0.05) is 6.42 Å². The summed E-state index contributed by atoms with van der Waals surface area (Å²) in [7, 11) is 2.00. The summed E-state index contributed by atoms with van der Waals surface area (Å²) in [5.41, 5.74) is 2.79. The molecular formula is C12H21N3. The molecule has 0 bridgehead atoms. The maximum atomic E-state index is 4.74. The van der Waals surface area contributed by atoms with Gasteiger partial charge in [-0.2, -0.15) is 5.10 Å². The van der Waals surface area contributed by atoms with Crippen LogP contribution in [0.1, 0.15) is 50.4 Å². The predicted molar refractivity (Wildman–Crippen MR) is 63.4 cm³/mol. The SMILES string of the molecule is CNc1c2c(nn1C(C)C)CCCCC2. The molecule has 0 unspecified atom stereocenters. The predicted octanol–water partition coefficient (Wildman–Crippen LogP) is 2.77. The number of aromatic nitrogens is 2. The van der Waals surface area contributed by atoms with E-state index >= 15 is 0 Å². The third-order valence-electron chi connectivity index (χ3n) is 3.16. The third-order valence-corrected chi connectivity index (χ3v) is 3.16. The summed E-state index contributed by atoms with van der Waals surface area (Å²) in [5, 5.41) is 8.05. The molecule has 0 saturated heterocycles. The van der Waals surface area contributed by atoms with E-state index in [4.69, 9.17) is 5.10 Å². The van der Waals surface area contributed by atoms with Crippen molar-refractivity contribution in [2.24, 2.45) is 0 Å². The molecule has 0 amide bonds. The third kappa shape index (κ3) is 1.87. The Morgan fingerprint density at radius 1 is 1.20 bits per heavy atom. The highest BCUT2D eigenvalue weighted by Gasteiger charge is 2.19. The molecule has 0 aromatic carbocycles. The van der Waals surface area contributed by atoms with Crippen LogP contribution in [0.3, 0.4) is 0 Å². The maximum Gasteiger partial charge on any atom is 0.127 e. The first-order chi connectivity index (χ1) is 7.24. The van der Waals surface area contributed by atoms with Crippen LogP contribution in [-0.2, 0) is 12.8 Å². The molecular weight excluding hydrogens is 186 g/mol. The number of rotatable bonds is 2. The van der Waals surface area contributed by atoms with Gasteiger partial charge in [0.1, 0.15) is 5.82 Å². The lowest BCUT2D eigenvalue weighted by Crippen LogP contribution is -2.08. The summed E-state index contributed by atoms with van der Waals surface area (Å²) in [6.45, 7) is 4.38. The van der Waals surface area contributed by atoms with Crippen molar-refractivity contribution in [3.05, 3.63) is 11.3 Å². The average Bonchev–Trinajstić information content (AvgIpc) is 2.40. The summed E-state index contributed by atoms with van der Waals surface area (Å²) >= 11 is 0. The molecule has 1 aromatic heterocycles. The highest BCUT2D eigenvalue weighted by molar-refractivity contribution is 5.48. The van der Waals surface area contributed by atoms with Gasteiger partial charge in [-0.05, 0) is 39.5 Å². The van der Waals surface area contributed by atoms with Gasteiger partial charge in [0.05, 0.1) is 5.69 Å². The molecule has 15 heavy (non-hydrogen) atoms. The van der Waals surface area contributed by atoms with Crippen molar-refractivity contribution in [2.45, 2.75) is 52.0 Å². The van der Waals surface area contributed by atoms with Crippen LogP contribution in [0.25, 0.3) is 0 Å². The smallest absolute Gasteiger partial charge is 0.127 e. The van der Waals surface area contributed by atoms with Gasteiger partial charge < -0.3 is 5.32 Å². The fourth-order valence-electron chi connectivity index (χ4n) is 2.39. The summed E-state index contributed by atoms with van der Waals surface area (Å²) < 4.78 is 2.13. The van der Waals surface area contributed by atoms with Crippen molar-refractivity contribution in [3.63, 3.8) is 0 Å². The lowest BCUT2D eigenvalue weighted by Gasteiger charge is -2.11. The molecule has 1 N–H and O–H groups in total. The van der Waals surface area contributed by atoms with E-state index in [-0.39, 0.29) is 0 Å². The number of hydrogen-bond donors (Lipinski definition) is 1. The van der Waals surface area contributed by atoms with E-state index in [1.165, 1.54) is 42.8 Å². The molecule has 3 heteroatoms. The van der Waals surface area contributed by atoms with Crippen molar-refractivity contribution in [3.8, 4) is 0 Å². The molecule has 0 saturated carbocycles. The van der Waals surface area contributed by atoms with Crippen LogP contribution in [0.15, 0.2) is 0 Å². The first-order valence-electron chi connectivity index (χ1n) is 6.02. The molecule has 0 aliphatic heterocycles. The summed E-state index contributed by atoms with van der Waals surface area (Å²) in [4.78, 5) is 0. The second kappa shape index (κ2) is 4.25. The molecule has 2 rings (SSSR count). The first kappa shape index (κ1) is 10.5. The van der Waals surface area contributed by atoms with Crippen molar-refractivity contribution in [1.29, 1.82) is 0 Å². The number of hydrogen-bond acceptors (Lipinski definition) is 2. The summed E-state index contributed by atoms with van der Waals surface area (Å²) in [6, 6.07) is 0.444. The first-order valence-corrected chi connectivity index (χ1v) is 6.02. The maximum absolute atomic E-state index is 4.74. The van der Waals surface area contributed by atoms with Gasteiger partial charge in [-0.25, -0.2) is 4.68 Å². The fourth-order valence-corrected chi connectivity index (χ4v) is 2.39. The van der Waals surface area contributed by atoms with Crippen LogP contribution in [0.5, 0.6) is 0 Å². The molecule has 0 fully saturated rings. The minimum atomic E-state index is 0.444. The lowest BCUT2D eigenvalue weighted by molar-refractivity contribution is 0.529. The van der Waals surface area contributed by atoms with Crippen LogP contribution in [0.4, 0.5) is 5.82 Å². The minimum Gasteiger partial charge on any atom is -0.373 e. The Hall–Kier alpha value is -0.990. The average molecular weight is 207 g/mol. The zero-order valence-corrected chi connectivity index (χ0v) is 10.0. The van der Waals surface area contributed by atoms with Gasteiger partial charge in [0, 0.05) is 18.7 Å².